The number of esters is 1. The van der Waals surface area contributed by atoms with Crippen LogP contribution in [0.5, 0.6) is 23.0 Å². The molecule has 2 rings (SSSR count). The van der Waals surface area contributed by atoms with Gasteiger partial charge in [0.05, 0.1) is 21.3 Å². The molecule has 0 heterocycles. The summed E-state index contributed by atoms with van der Waals surface area (Å²) in [6.45, 7) is 0.0190. The first-order chi connectivity index (χ1) is 13.6. The Hall–Kier alpha value is -3.42. The van der Waals surface area contributed by atoms with Crippen molar-refractivity contribution in [3.63, 3.8) is 0 Å². The van der Waals surface area contributed by atoms with Gasteiger partial charge in [-0.05, 0) is 24.3 Å². The molecular formula is C20H23NO7. The summed E-state index contributed by atoms with van der Waals surface area (Å²) in [6.07, 6.45) is 0. The van der Waals surface area contributed by atoms with Gasteiger partial charge in [-0.25, -0.2) is 0 Å². The van der Waals surface area contributed by atoms with E-state index in [0.29, 0.717) is 23.0 Å². The number of carbonyl (C=O) groups excluding carboxylic acids is 2. The summed E-state index contributed by atoms with van der Waals surface area (Å²) in [6, 6.07) is 12.2. The molecule has 0 fully saturated rings. The number of methoxy groups -OCH3 is 3. The van der Waals surface area contributed by atoms with E-state index < -0.39 is 11.9 Å². The van der Waals surface area contributed by atoms with Gasteiger partial charge in [-0.3, -0.25) is 9.59 Å². The van der Waals surface area contributed by atoms with Gasteiger partial charge in [0.25, 0.3) is 5.91 Å². The van der Waals surface area contributed by atoms with Crippen molar-refractivity contribution >= 4 is 11.9 Å². The average Bonchev–Trinajstić information content (AvgIpc) is 2.74. The smallest absolute Gasteiger partial charge is 0.325 e. The highest BCUT2D eigenvalue weighted by atomic mass is 16.6. The number of hydrogen-bond donors (Lipinski definition) is 1. The summed E-state index contributed by atoms with van der Waals surface area (Å²) >= 11 is 0. The predicted octanol–water partition coefficient (Wildman–Crippen LogP) is 2.06. The SMILES string of the molecule is COc1cc(C(=O)NCC(=O)OCCOc2ccccc2)cc(OC)c1OC. The van der Waals surface area contributed by atoms with Crippen molar-refractivity contribution in [1.82, 2.24) is 5.32 Å². The van der Waals surface area contributed by atoms with Gasteiger partial charge in [-0.15, -0.1) is 0 Å². The third-order valence-electron chi connectivity index (χ3n) is 3.68. The van der Waals surface area contributed by atoms with E-state index in [0.717, 1.165) is 0 Å². The maximum Gasteiger partial charge on any atom is 0.325 e. The van der Waals surface area contributed by atoms with Crippen LogP contribution in [0.3, 0.4) is 0 Å². The molecule has 28 heavy (non-hydrogen) atoms. The summed E-state index contributed by atoms with van der Waals surface area (Å²) in [5.41, 5.74) is 0.259. The second-order valence-electron chi connectivity index (χ2n) is 5.48. The van der Waals surface area contributed by atoms with Crippen molar-refractivity contribution in [3.05, 3.63) is 48.0 Å². The first kappa shape index (κ1) is 20.9. The van der Waals surface area contributed by atoms with Gasteiger partial charge in [0.15, 0.2) is 11.5 Å². The summed E-state index contributed by atoms with van der Waals surface area (Å²) in [4.78, 5) is 24.1. The average molecular weight is 389 g/mol. The Morgan fingerprint density at radius 3 is 2.11 bits per heavy atom. The Morgan fingerprint density at radius 2 is 1.54 bits per heavy atom. The van der Waals surface area contributed by atoms with E-state index in [4.69, 9.17) is 23.7 Å². The van der Waals surface area contributed by atoms with Crippen molar-refractivity contribution in [2.75, 3.05) is 41.1 Å². The van der Waals surface area contributed by atoms with Crippen LogP contribution in [-0.2, 0) is 9.53 Å². The van der Waals surface area contributed by atoms with Gasteiger partial charge in [-0.2, -0.15) is 0 Å². The predicted molar refractivity (Wildman–Crippen MR) is 101 cm³/mol. The fourth-order valence-corrected chi connectivity index (χ4v) is 2.35. The Bertz CT molecular complexity index is 767. The highest BCUT2D eigenvalue weighted by Gasteiger charge is 2.17. The summed E-state index contributed by atoms with van der Waals surface area (Å²) in [5.74, 6) is 0.697. The van der Waals surface area contributed by atoms with Crippen molar-refractivity contribution in [3.8, 4) is 23.0 Å². The van der Waals surface area contributed by atoms with Crippen LogP contribution in [0.15, 0.2) is 42.5 Å². The summed E-state index contributed by atoms with van der Waals surface area (Å²) < 4.78 is 26.1. The van der Waals surface area contributed by atoms with Crippen LogP contribution in [-0.4, -0.2) is 53.0 Å². The molecule has 0 saturated heterocycles. The minimum atomic E-state index is -0.572. The third kappa shape index (κ3) is 5.80. The van der Waals surface area contributed by atoms with Crippen LogP contribution in [0.2, 0.25) is 0 Å². The molecule has 0 aliphatic rings. The molecule has 8 nitrogen and oxygen atoms in total. The minimum absolute atomic E-state index is 0.0772. The number of nitrogens with one attached hydrogen (secondary N) is 1. The molecule has 150 valence electrons. The number of rotatable bonds is 10. The second-order valence-corrected chi connectivity index (χ2v) is 5.48. The summed E-state index contributed by atoms with van der Waals surface area (Å²) in [7, 11) is 4.37. The highest BCUT2D eigenvalue weighted by Crippen LogP contribution is 2.38. The van der Waals surface area contributed by atoms with Crippen LogP contribution < -0.4 is 24.3 Å². The molecule has 1 N–H and O–H groups in total. The van der Waals surface area contributed by atoms with Crippen molar-refractivity contribution in [1.29, 1.82) is 0 Å². The van der Waals surface area contributed by atoms with Gasteiger partial charge < -0.3 is 29.0 Å². The Labute approximate surface area is 163 Å². The molecule has 0 aliphatic carbocycles. The normalized spacial score (nSPS) is 9.96. The first-order valence-corrected chi connectivity index (χ1v) is 8.50. The third-order valence-corrected chi connectivity index (χ3v) is 3.68. The molecule has 0 aromatic heterocycles. The van der Waals surface area contributed by atoms with E-state index in [1.807, 2.05) is 18.2 Å². The fraction of sp³-hybridized carbons (Fsp3) is 0.300. The quantitative estimate of drug-likeness (QED) is 0.491. The zero-order valence-corrected chi connectivity index (χ0v) is 16.0. The zero-order chi connectivity index (χ0) is 20.4. The van der Waals surface area contributed by atoms with Gasteiger partial charge in [0.1, 0.15) is 25.5 Å². The van der Waals surface area contributed by atoms with E-state index >= 15 is 0 Å². The molecule has 0 bridgehead atoms. The molecule has 2 aromatic carbocycles. The van der Waals surface area contributed by atoms with Crippen molar-refractivity contribution in [2.24, 2.45) is 0 Å². The lowest BCUT2D eigenvalue weighted by Crippen LogP contribution is -2.31. The Kier molecular flexibility index (Phi) is 7.95. The molecule has 1 amide bonds. The number of benzene rings is 2. The lowest BCUT2D eigenvalue weighted by molar-refractivity contribution is -0.143. The number of carbonyl (C=O) groups is 2. The Balaban J connectivity index is 1.82. The first-order valence-electron chi connectivity index (χ1n) is 8.50. The number of ether oxygens (including phenoxy) is 5. The molecule has 0 saturated carbocycles. The topological polar surface area (TPSA) is 92.3 Å². The Morgan fingerprint density at radius 1 is 0.893 bits per heavy atom. The van der Waals surface area contributed by atoms with Gasteiger partial charge >= 0.3 is 5.97 Å². The standard InChI is InChI=1S/C20H23NO7/c1-24-16-11-14(12-17(25-2)19(16)26-3)20(23)21-13-18(22)28-10-9-27-15-7-5-4-6-8-15/h4-8,11-12H,9-10,13H2,1-3H3,(H,21,23). The van der Waals surface area contributed by atoms with Gasteiger partial charge in [0.2, 0.25) is 5.75 Å². The molecule has 0 spiro atoms. The van der Waals surface area contributed by atoms with Crippen LogP contribution in [0, 0.1) is 0 Å². The lowest BCUT2D eigenvalue weighted by Gasteiger charge is -2.14. The van der Waals surface area contributed by atoms with Gasteiger partial charge in [-0.1, -0.05) is 18.2 Å². The lowest BCUT2D eigenvalue weighted by atomic mass is 10.1. The second kappa shape index (κ2) is 10.7. The minimum Gasteiger partial charge on any atom is -0.493 e. The molecule has 0 atom stereocenters. The van der Waals surface area contributed by atoms with E-state index in [1.165, 1.54) is 33.5 Å². The van der Waals surface area contributed by atoms with Crippen molar-refractivity contribution < 1.29 is 33.3 Å². The molecule has 0 aliphatic heterocycles. The zero-order valence-electron chi connectivity index (χ0n) is 16.0. The van der Waals surface area contributed by atoms with E-state index in [2.05, 4.69) is 5.32 Å². The number of hydrogen-bond acceptors (Lipinski definition) is 7. The van der Waals surface area contributed by atoms with Crippen LogP contribution in [0.1, 0.15) is 10.4 Å². The van der Waals surface area contributed by atoms with E-state index in [-0.39, 0.29) is 25.3 Å². The maximum atomic E-state index is 12.3. The largest absolute Gasteiger partial charge is 0.493 e. The molecule has 2 aromatic rings. The summed E-state index contributed by atoms with van der Waals surface area (Å²) in [5, 5.41) is 2.49. The van der Waals surface area contributed by atoms with Crippen molar-refractivity contribution in [2.45, 2.75) is 0 Å². The molecule has 8 heteroatoms. The monoisotopic (exact) mass is 389 g/mol. The highest BCUT2D eigenvalue weighted by molar-refractivity contribution is 5.97. The molecule has 0 radical (unpaired) electrons. The number of amides is 1. The molecule has 0 unspecified atom stereocenters. The molecular weight excluding hydrogens is 366 g/mol. The fourth-order valence-electron chi connectivity index (χ4n) is 2.35. The van der Waals surface area contributed by atoms with E-state index in [9.17, 15) is 9.59 Å². The number of para-hydroxylation sites is 1. The van der Waals surface area contributed by atoms with E-state index in [1.54, 1.807) is 12.1 Å². The van der Waals surface area contributed by atoms with Gasteiger partial charge in [0, 0.05) is 5.56 Å². The van der Waals surface area contributed by atoms with Crippen LogP contribution >= 0.6 is 0 Å². The van der Waals surface area contributed by atoms with Crippen LogP contribution in [0.4, 0.5) is 0 Å². The maximum absolute atomic E-state index is 12.3. The van der Waals surface area contributed by atoms with Crippen LogP contribution in [0.25, 0.3) is 0 Å².